The molecule has 0 heterocycles. The van der Waals surface area contributed by atoms with Gasteiger partial charge in [-0.1, -0.05) is 30.3 Å². The first-order chi connectivity index (χ1) is 21.4. The van der Waals surface area contributed by atoms with Crippen LogP contribution in [0.4, 0.5) is 4.79 Å². The zero-order valence-corrected chi connectivity index (χ0v) is 25.5. The van der Waals surface area contributed by atoms with E-state index < -0.39 is 53.9 Å². The molecule has 15 nitrogen and oxygen atoms in total. The number of benzene rings is 1. The lowest BCUT2D eigenvalue weighted by molar-refractivity contribution is -0.143. The molecule has 1 aromatic rings. The van der Waals surface area contributed by atoms with Crippen LogP contribution in [0.2, 0.25) is 0 Å². The van der Waals surface area contributed by atoms with E-state index in [4.69, 9.17) is 27.7 Å². The van der Waals surface area contributed by atoms with Crippen LogP contribution < -0.4 is 43.8 Å². The molecule has 2 bridgehead atoms. The number of unbranched alkanes of at least 4 members (excludes halogenated alkanes) is 1. The number of carboxylic acid groups (broad SMARTS) is 1. The Morgan fingerprint density at radius 3 is 1.98 bits per heavy atom. The third-order valence-electron chi connectivity index (χ3n) is 8.54. The standard InChI is InChI=1S/C30H47N9O6/c31-20(13-18-7-2-1-3-8-18)25(41)38-22(10-6-12-35-28(33)34)26(42)39-23(17-30-14-19(15-30)16-30)27(43)37-21(24(32)40)9-4-5-11-36-29(44)45/h1-3,7-8,19-23,36H,4-6,9-17,31H2,(H2,32,40)(H,37,43)(H,38,41)(H,39,42)(H,44,45)(H4,33,34,35)/t19?,20-,21-,22+,23-,30?/m0/s1. The number of guanidine groups is 1. The molecule has 0 radical (unpaired) electrons. The van der Waals surface area contributed by atoms with Gasteiger partial charge >= 0.3 is 6.09 Å². The monoisotopic (exact) mass is 629 g/mol. The van der Waals surface area contributed by atoms with Crippen molar-refractivity contribution in [3.63, 3.8) is 0 Å². The van der Waals surface area contributed by atoms with Gasteiger partial charge in [-0.2, -0.15) is 0 Å². The van der Waals surface area contributed by atoms with Crippen molar-refractivity contribution in [2.45, 2.75) is 88.4 Å². The number of hydrogen-bond acceptors (Lipinski definition) is 7. The maximum Gasteiger partial charge on any atom is 0.404 e. The van der Waals surface area contributed by atoms with Crippen molar-refractivity contribution < 1.29 is 29.1 Å². The molecule has 0 aliphatic heterocycles. The number of nitrogens with two attached hydrogens (primary N) is 3. The second-order valence-electron chi connectivity index (χ2n) is 12.3. The Morgan fingerprint density at radius 1 is 0.822 bits per heavy atom. The summed E-state index contributed by atoms with van der Waals surface area (Å²) in [5, 5.41) is 29.2. The molecule has 3 fully saturated rings. The van der Waals surface area contributed by atoms with E-state index in [0.29, 0.717) is 38.1 Å². The lowest BCUT2D eigenvalue weighted by Crippen LogP contribution is -2.61. The van der Waals surface area contributed by atoms with Crippen molar-refractivity contribution >= 4 is 35.7 Å². The van der Waals surface area contributed by atoms with E-state index in [9.17, 15) is 24.0 Å². The smallest absolute Gasteiger partial charge is 0.404 e. The summed E-state index contributed by atoms with van der Waals surface area (Å²) in [7, 11) is 0. The van der Waals surface area contributed by atoms with Gasteiger partial charge in [0.1, 0.15) is 18.1 Å². The van der Waals surface area contributed by atoms with Crippen molar-refractivity contribution in [1.82, 2.24) is 26.6 Å². The zero-order chi connectivity index (χ0) is 33.0. The van der Waals surface area contributed by atoms with Gasteiger partial charge in [0, 0.05) is 13.1 Å². The van der Waals surface area contributed by atoms with Gasteiger partial charge in [-0.05, 0) is 81.1 Å². The average Bonchev–Trinajstić information content (AvgIpc) is 2.94. The summed E-state index contributed by atoms with van der Waals surface area (Å²) in [4.78, 5) is 63.0. The molecule has 3 aliphatic carbocycles. The highest BCUT2D eigenvalue weighted by atomic mass is 16.4. The first kappa shape index (κ1) is 35.1. The number of carbonyl (C=O) groups is 5. The van der Waals surface area contributed by atoms with Gasteiger partial charge < -0.3 is 48.9 Å². The predicted octanol–water partition coefficient (Wildman–Crippen LogP) is -0.613. The normalized spacial score (nSPS) is 20.5. The summed E-state index contributed by atoms with van der Waals surface area (Å²) in [5.74, 6) is -1.97. The summed E-state index contributed by atoms with van der Waals surface area (Å²) >= 11 is 0. The first-order valence-electron chi connectivity index (χ1n) is 15.4. The summed E-state index contributed by atoms with van der Waals surface area (Å²) < 4.78 is 0. The van der Waals surface area contributed by atoms with E-state index in [-0.39, 0.29) is 37.2 Å². The predicted molar refractivity (Wildman–Crippen MR) is 167 cm³/mol. The minimum absolute atomic E-state index is 0.0487. The number of amides is 5. The fourth-order valence-electron chi connectivity index (χ4n) is 6.09. The number of nitrogens with one attached hydrogen (secondary N) is 6. The summed E-state index contributed by atoms with van der Waals surface area (Å²) in [6, 6.07) is 5.33. The minimum Gasteiger partial charge on any atom is -0.465 e. The fraction of sp³-hybridized carbons (Fsp3) is 0.600. The van der Waals surface area contributed by atoms with E-state index in [1.54, 1.807) is 0 Å². The number of primary amides is 1. The Balaban J connectivity index is 1.67. The van der Waals surface area contributed by atoms with E-state index in [1.807, 2.05) is 30.3 Å². The molecule has 0 spiro atoms. The summed E-state index contributed by atoms with van der Waals surface area (Å²) in [6.45, 7) is 0.489. The molecule has 1 aromatic carbocycles. The molecule has 0 saturated heterocycles. The maximum absolute atomic E-state index is 13.6. The number of hydrogen-bond donors (Lipinski definition) is 10. The van der Waals surface area contributed by atoms with Crippen molar-refractivity contribution in [1.29, 1.82) is 5.41 Å². The Bertz CT molecular complexity index is 1200. The second kappa shape index (κ2) is 16.6. The molecule has 3 aliphatic rings. The molecule has 3 saturated carbocycles. The Labute approximate surface area is 262 Å². The molecule has 4 rings (SSSR count). The fourth-order valence-corrected chi connectivity index (χ4v) is 6.09. The largest absolute Gasteiger partial charge is 0.465 e. The van der Waals surface area contributed by atoms with Crippen LogP contribution >= 0.6 is 0 Å². The highest BCUT2D eigenvalue weighted by Gasteiger charge is 2.57. The highest BCUT2D eigenvalue weighted by Crippen LogP contribution is 2.66. The Hall–Kier alpha value is -4.40. The third kappa shape index (κ3) is 11.2. The molecule has 45 heavy (non-hydrogen) atoms. The first-order valence-corrected chi connectivity index (χ1v) is 15.4. The van der Waals surface area contributed by atoms with Crippen LogP contribution in [0.1, 0.15) is 63.4 Å². The zero-order valence-electron chi connectivity index (χ0n) is 25.5. The molecule has 5 amide bonds. The van der Waals surface area contributed by atoms with E-state index in [2.05, 4.69) is 26.6 Å². The van der Waals surface area contributed by atoms with Crippen LogP contribution in [0.3, 0.4) is 0 Å². The molecule has 4 atom stereocenters. The quantitative estimate of drug-likeness (QED) is 0.0500. The van der Waals surface area contributed by atoms with Crippen LogP contribution in [0.25, 0.3) is 0 Å². The second-order valence-corrected chi connectivity index (χ2v) is 12.3. The Kier molecular flexibility index (Phi) is 12.9. The van der Waals surface area contributed by atoms with Gasteiger partial charge in [-0.15, -0.1) is 0 Å². The molecule has 0 unspecified atom stereocenters. The molecule has 13 N–H and O–H groups in total. The molecular formula is C30H47N9O6. The SMILES string of the molecule is N=C(N)NCCC[C@@H](NC(=O)[C@@H](N)Cc1ccccc1)C(=O)N[C@@H](CC12CC(C1)C2)C(=O)N[C@@H](CCCCNC(=O)O)C(N)=O. The summed E-state index contributed by atoms with van der Waals surface area (Å²) in [5.41, 5.74) is 17.9. The lowest BCUT2D eigenvalue weighted by atomic mass is 9.43. The number of rotatable bonds is 20. The van der Waals surface area contributed by atoms with Crippen molar-refractivity contribution in [3.8, 4) is 0 Å². The van der Waals surface area contributed by atoms with E-state index in [0.717, 1.165) is 24.8 Å². The van der Waals surface area contributed by atoms with Crippen LogP contribution in [-0.4, -0.2) is 78.0 Å². The highest BCUT2D eigenvalue weighted by molar-refractivity contribution is 5.94. The van der Waals surface area contributed by atoms with E-state index >= 15 is 0 Å². The van der Waals surface area contributed by atoms with E-state index in [1.165, 1.54) is 0 Å². The van der Waals surface area contributed by atoms with Gasteiger partial charge in [0.15, 0.2) is 5.96 Å². The topological polar surface area (TPSA) is 268 Å². The molecule has 0 aromatic heterocycles. The van der Waals surface area contributed by atoms with Crippen LogP contribution in [0.15, 0.2) is 30.3 Å². The van der Waals surface area contributed by atoms with Gasteiger partial charge in [0.25, 0.3) is 0 Å². The average molecular weight is 630 g/mol. The van der Waals surface area contributed by atoms with Crippen LogP contribution in [0, 0.1) is 16.7 Å². The van der Waals surface area contributed by atoms with Crippen LogP contribution in [0.5, 0.6) is 0 Å². The maximum atomic E-state index is 13.6. The number of carbonyl (C=O) groups excluding carboxylic acids is 4. The minimum atomic E-state index is -1.15. The van der Waals surface area contributed by atoms with Gasteiger partial charge in [-0.25, -0.2) is 4.79 Å². The molecular weight excluding hydrogens is 582 g/mol. The van der Waals surface area contributed by atoms with Crippen molar-refractivity contribution in [2.75, 3.05) is 13.1 Å². The van der Waals surface area contributed by atoms with Gasteiger partial charge in [0.05, 0.1) is 6.04 Å². The lowest BCUT2D eigenvalue weighted by Gasteiger charge is -2.63. The summed E-state index contributed by atoms with van der Waals surface area (Å²) in [6.07, 6.45) is 4.06. The Morgan fingerprint density at radius 2 is 1.40 bits per heavy atom. The van der Waals surface area contributed by atoms with Crippen molar-refractivity contribution in [2.24, 2.45) is 28.5 Å². The third-order valence-corrected chi connectivity index (χ3v) is 8.54. The van der Waals surface area contributed by atoms with Gasteiger partial charge in [0.2, 0.25) is 23.6 Å². The van der Waals surface area contributed by atoms with Crippen molar-refractivity contribution in [3.05, 3.63) is 35.9 Å². The van der Waals surface area contributed by atoms with Gasteiger partial charge in [-0.3, -0.25) is 24.6 Å². The molecule has 15 heteroatoms. The molecule has 248 valence electrons. The van der Waals surface area contributed by atoms with Crippen LogP contribution in [-0.2, 0) is 25.6 Å².